The largest absolute Gasteiger partial charge is 0.462 e. The van der Waals surface area contributed by atoms with E-state index in [4.69, 9.17) is 16.3 Å². The van der Waals surface area contributed by atoms with Gasteiger partial charge in [-0.25, -0.2) is 4.79 Å². The second-order valence-corrected chi connectivity index (χ2v) is 7.81. The number of nitrogens with zero attached hydrogens (tertiary/aromatic N) is 1. The van der Waals surface area contributed by atoms with E-state index in [1.807, 2.05) is 18.2 Å². The Labute approximate surface area is 177 Å². The molecule has 0 radical (unpaired) electrons. The van der Waals surface area contributed by atoms with Crippen molar-refractivity contribution >= 4 is 34.4 Å². The van der Waals surface area contributed by atoms with Crippen LogP contribution in [0, 0.1) is 0 Å². The quantitative estimate of drug-likeness (QED) is 0.350. The lowest BCUT2D eigenvalue weighted by atomic mass is 9.91. The van der Waals surface area contributed by atoms with Gasteiger partial charge >= 0.3 is 5.97 Å². The average molecular weight is 408 g/mol. The molecule has 3 aromatic carbocycles. The van der Waals surface area contributed by atoms with Crippen molar-refractivity contribution < 1.29 is 9.53 Å². The summed E-state index contributed by atoms with van der Waals surface area (Å²) in [5.41, 5.74) is 2.13. The standard InChI is InChI=1S/C25H26ClNO2/c1-27(2)17-16-21(24-9-5-7-20-6-3-4-8-23(20)24)18-29-25(28)15-12-19-10-13-22(26)14-11-19/h3-15,21H,16-18H2,1-2H3/b15-12+. The first kappa shape index (κ1) is 21.1. The minimum Gasteiger partial charge on any atom is -0.462 e. The van der Waals surface area contributed by atoms with E-state index in [1.165, 1.54) is 22.4 Å². The van der Waals surface area contributed by atoms with Crippen LogP contribution in [0.2, 0.25) is 5.02 Å². The molecule has 1 unspecified atom stereocenters. The maximum atomic E-state index is 12.3. The fourth-order valence-electron chi connectivity index (χ4n) is 3.32. The molecular formula is C25H26ClNO2. The summed E-state index contributed by atoms with van der Waals surface area (Å²) < 4.78 is 5.61. The Hall–Kier alpha value is -2.62. The number of carbonyl (C=O) groups is 1. The summed E-state index contributed by atoms with van der Waals surface area (Å²) >= 11 is 5.89. The Morgan fingerprint density at radius 1 is 1.03 bits per heavy atom. The van der Waals surface area contributed by atoms with Crippen LogP contribution in [-0.4, -0.2) is 38.1 Å². The molecule has 0 amide bonds. The van der Waals surface area contributed by atoms with Crippen molar-refractivity contribution in [1.29, 1.82) is 0 Å². The highest BCUT2D eigenvalue weighted by molar-refractivity contribution is 6.30. The molecule has 0 aliphatic rings. The summed E-state index contributed by atoms with van der Waals surface area (Å²) in [6.45, 7) is 1.28. The zero-order chi connectivity index (χ0) is 20.6. The molecule has 1 atom stereocenters. The molecule has 3 nitrogen and oxygen atoms in total. The highest BCUT2D eigenvalue weighted by Gasteiger charge is 2.16. The van der Waals surface area contributed by atoms with E-state index < -0.39 is 0 Å². The summed E-state index contributed by atoms with van der Waals surface area (Å²) in [5, 5.41) is 3.09. The van der Waals surface area contributed by atoms with Crippen LogP contribution in [0.1, 0.15) is 23.5 Å². The van der Waals surface area contributed by atoms with E-state index in [0.717, 1.165) is 18.5 Å². The lowest BCUT2D eigenvalue weighted by Gasteiger charge is -2.21. The third kappa shape index (κ3) is 6.18. The lowest BCUT2D eigenvalue weighted by molar-refractivity contribution is -0.138. The molecule has 0 heterocycles. The van der Waals surface area contributed by atoms with E-state index >= 15 is 0 Å². The highest BCUT2D eigenvalue weighted by atomic mass is 35.5. The van der Waals surface area contributed by atoms with Gasteiger partial charge in [-0.05, 0) is 67.2 Å². The van der Waals surface area contributed by atoms with E-state index in [-0.39, 0.29) is 11.9 Å². The van der Waals surface area contributed by atoms with Crippen molar-refractivity contribution in [3.8, 4) is 0 Å². The predicted molar refractivity (Wildman–Crippen MR) is 121 cm³/mol. The summed E-state index contributed by atoms with van der Waals surface area (Å²) in [6, 6.07) is 22.0. The number of halogens is 1. The van der Waals surface area contributed by atoms with Gasteiger partial charge in [0.05, 0.1) is 6.61 Å². The number of hydrogen-bond acceptors (Lipinski definition) is 3. The Kier molecular flexibility index (Phi) is 7.45. The molecule has 29 heavy (non-hydrogen) atoms. The predicted octanol–water partition coefficient (Wildman–Crippen LogP) is 5.79. The number of esters is 1. The molecule has 0 aliphatic heterocycles. The number of hydrogen-bond donors (Lipinski definition) is 0. The minimum atomic E-state index is -0.338. The van der Waals surface area contributed by atoms with Gasteiger partial charge < -0.3 is 9.64 Å². The number of benzene rings is 3. The van der Waals surface area contributed by atoms with E-state index in [9.17, 15) is 4.79 Å². The maximum Gasteiger partial charge on any atom is 0.330 e. The van der Waals surface area contributed by atoms with Crippen molar-refractivity contribution in [1.82, 2.24) is 4.90 Å². The zero-order valence-corrected chi connectivity index (χ0v) is 17.6. The molecule has 3 rings (SSSR count). The molecule has 0 aliphatic carbocycles. The van der Waals surface area contributed by atoms with Gasteiger partial charge in [0.15, 0.2) is 0 Å². The van der Waals surface area contributed by atoms with Crippen molar-refractivity contribution in [3.05, 3.63) is 89.0 Å². The second kappa shape index (κ2) is 10.2. The van der Waals surface area contributed by atoms with Crippen LogP contribution in [0.5, 0.6) is 0 Å². The second-order valence-electron chi connectivity index (χ2n) is 7.37. The summed E-state index contributed by atoms with van der Waals surface area (Å²) in [7, 11) is 4.11. The van der Waals surface area contributed by atoms with Crippen molar-refractivity contribution in [3.63, 3.8) is 0 Å². The Morgan fingerprint density at radius 2 is 1.76 bits per heavy atom. The number of ether oxygens (including phenoxy) is 1. The van der Waals surface area contributed by atoms with Crippen molar-refractivity contribution in [2.24, 2.45) is 0 Å². The minimum absolute atomic E-state index is 0.136. The Bertz CT molecular complexity index is 974. The van der Waals surface area contributed by atoms with Gasteiger partial charge in [-0.2, -0.15) is 0 Å². The first-order chi connectivity index (χ1) is 14.0. The topological polar surface area (TPSA) is 29.5 Å². The van der Waals surface area contributed by atoms with Gasteiger partial charge in [-0.1, -0.05) is 66.2 Å². The van der Waals surface area contributed by atoms with Gasteiger partial charge in [-0.15, -0.1) is 0 Å². The van der Waals surface area contributed by atoms with Crippen LogP contribution >= 0.6 is 11.6 Å². The molecule has 4 heteroatoms. The Balaban J connectivity index is 1.72. The van der Waals surface area contributed by atoms with Gasteiger partial charge in [0.25, 0.3) is 0 Å². The maximum absolute atomic E-state index is 12.3. The molecule has 150 valence electrons. The van der Waals surface area contributed by atoms with Gasteiger partial charge in [0, 0.05) is 17.0 Å². The third-order valence-corrected chi connectivity index (χ3v) is 5.15. The monoisotopic (exact) mass is 407 g/mol. The van der Waals surface area contributed by atoms with Crippen molar-refractivity contribution in [2.45, 2.75) is 12.3 Å². The van der Waals surface area contributed by atoms with E-state index in [2.05, 4.69) is 55.4 Å². The third-order valence-electron chi connectivity index (χ3n) is 4.90. The highest BCUT2D eigenvalue weighted by Crippen LogP contribution is 2.28. The molecule has 3 aromatic rings. The van der Waals surface area contributed by atoms with Crippen LogP contribution < -0.4 is 0 Å². The van der Waals surface area contributed by atoms with Crippen molar-refractivity contribution in [2.75, 3.05) is 27.2 Å². The fraction of sp³-hybridized carbons (Fsp3) is 0.240. The van der Waals surface area contributed by atoms with Gasteiger partial charge in [-0.3, -0.25) is 0 Å². The first-order valence-electron chi connectivity index (χ1n) is 9.76. The fourth-order valence-corrected chi connectivity index (χ4v) is 3.44. The molecule has 0 spiro atoms. The van der Waals surface area contributed by atoms with Gasteiger partial charge in [0.1, 0.15) is 0 Å². The lowest BCUT2D eigenvalue weighted by Crippen LogP contribution is -2.19. The summed E-state index contributed by atoms with van der Waals surface area (Å²) in [4.78, 5) is 14.4. The molecule has 0 bridgehead atoms. The normalized spacial score (nSPS) is 12.6. The molecule has 0 fully saturated rings. The molecule has 0 saturated carbocycles. The molecular weight excluding hydrogens is 382 g/mol. The molecule has 0 saturated heterocycles. The van der Waals surface area contributed by atoms with Crippen LogP contribution in [0.15, 0.2) is 72.8 Å². The first-order valence-corrected chi connectivity index (χ1v) is 10.1. The zero-order valence-electron chi connectivity index (χ0n) is 16.8. The summed E-state index contributed by atoms with van der Waals surface area (Å²) in [6.07, 6.45) is 4.12. The Morgan fingerprint density at radius 3 is 2.52 bits per heavy atom. The average Bonchev–Trinajstić information content (AvgIpc) is 2.73. The van der Waals surface area contributed by atoms with E-state index in [1.54, 1.807) is 18.2 Å². The number of carbonyl (C=O) groups excluding carboxylic acids is 1. The smallest absolute Gasteiger partial charge is 0.330 e. The van der Waals surface area contributed by atoms with Crippen LogP contribution in [0.3, 0.4) is 0 Å². The van der Waals surface area contributed by atoms with Gasteiger partial charge in [0.2, 0.25) is 0 Å². The molecule has 0 N–H and O–H groups in total. The number of rotatable bonds is 8. The molecule has 0 aromatic heterocycles. The van der Waals surface area contributed by atoms with Crippen LogP contribution in [0.4, 0.5) is 0 Å². The summed E-state index contributed by atoms with van der Waals surface area (Å²) in [5.74, 6) is -0.202. The van der Waals surface area contributed by atoms with Crippen LogP contribution in [0.25, 0.3) is 16.8 Å². The van der Waals surface area contributed by atoms with Crippen LogP contribution in [-0.2, 0) is 9.53 Å². The van der Waals surface area contributed by atoms with E-state index in [0.29, 0.717) is 11.6 Å². The number of fused-ring (bicyclic) bond motifs is 1. The SMILES string of the molecule is CN(C)CCC(COC(=O)/C=C/c1ccc(Cl)cc1)c1cccc2ccccc12.